The molecule has 1 aromatic carbocycles. The number of carbonyl (C=O) groups excluding carboxylic acids is 1. The molecular weight excluding hydrogens is 330 g/mol. The zero-order valence-electron chi connectivity index (χ0n) is 15.3. The predicted molar refractivity (Wildman–Crippen MR) is 103 cm³/mol. The van der Waals surface area contributed by atoms with Crippen LogP contribution in [0.25, 0.3) is 0 Å². The molecule has 0 aliphatic heterocycles. The minimum absolute atomic E-state index is 0.0572. The second kappa shape index (κ2) is 8.05. The average molecular weight is 358 g/mol. The predicted octanol–water partition coefficient (Wildman–Crippen LogP) is 5.25. The molecule has 1 aliphatic rings. The molecule has 2 unspecified atom stereocenters. The van der Waals surface area contributed by atoms with Crippen LogP contribution in [-0.2, 0) is 6.61 Å². The fraction of sp³-hybridized carbons (Fsp3) is 0.476. The fourth-order valence-corrected chi connectivity index (χ4v) is 4.18. The molecule has 2 atom stereocenters. The van der Waals surface area contributed by atoms with Crippen LogP contribution in [0.5, 0.6) is 5.75 Å². The Morgan fingerprint density at radius 3 is 2.88 bits per heavy atom. The summed E-state index contributed by atoms with van der Waals surface area (Å²) in [5.74, 6) is 1.54. The third-order valence-corrected chi connectivity index (χ3v) is 6.23. The quantitative estimate of drug-likeness (QED) is 0.793. The van der Waals surface area contributed by atoms with Crippen molar-refractivity contribution < 1.29 is 9.53 Å². The Hall–Kier alpha value is -1.81. The molecule has 3 rings (SSSR count). The van der Waals surface area contributed by atoms with Gasteiger partial charge >= 0.3 is 0 Å². The Kier molecular flexibility index (Phi) is 5.79. The summed E-state index contributed by atoms with van der Waals surface area (Å²) in [7, 11) is 0. The summed E-state index contributed by atoms with van der Waals surface area (Å²) in [6.45, 7) is 6.89. The first-order chi connectivity index (χ1) is 12.0. The maximum Gasteiger partial charge on any atom is 0.261 e. The van der Waals surface area contributed by atoms with E-state index >= 15 is 0 Å². The standard InChI is InChI=1S/C21H27NO2S/c1-14-8-6-10-19(16(14)3)24-12-17-11-20(25-13-17)21(23)22-18-9-5-4-7-15(18)2/h6,8,10-11,13,15,18H,4-5,7,9,12H2,1-3H3,(H,22,23). The van der Waals surface area contributed by atoms with Crippen LogP contribution in [0.2, 0.25) is 0 Å². The molecule has 0 radical (unpaired) electrons. The highest BCUT2D eigenvalue weighted by atomic mass is 32.1. The largest absolute Gasteiger partial charge is 0.489 e. The van der Waals surface area contributed by atoms with Crippen LogP contribution in [0.15, 0.2) is 29.6 Å². The number of nitrogens with one attached hydrogen (secondary N) is 1. The van der Waals surface area contributed by atoms with Gasteiger partial charge in [0.25, 0.3) is 5.91 Å². The molecule has 3 nitrogen and oxygen atoms in total. The van der Waals surface area contributed by atoms with E-state index in [2.05, 4.69) is 32.2 Å². The van der Waals surface area contributed by atoms with Crippen molar-refractivity contribution >= 4 is 17.2 Å². The lowest BCUT2D eigenvalue weighted by Crippen LogP contribution is -2.40. The lowest BCUT2D eigenvalue weighted by Gasteiger charge is -2.29. The Labute approximate surface area is 154 Å². The molecule has 1 fully saturated rings. The third kappa shape index (κ3) is 4.43. The van der Waals surface area contributed by atoms with Crippen molar-refractivity contribution in [3.8, 4) is 5.75 Å². The topological polar surface area (TPSA) is 38.3 Å². The Balaban J connectivity index is 1.58. The number of thiophene rings is 1. The van der Waals surface area contributed by atoms with Crippen molar-refractivity contribution in [2.24, 2.45) is 5.92 Å². The molecule has 0 spiro atoms. The first kappa shape index (κ1) is 18.0. The van der Waals surface area contributed by atoms with Crippen LogP contribution in [0.1, 0.15) is 59.0 Å². The zero-order valence-corrected chi connectivity index (χ0v) is 16.1. The van der Waals surface area contributed by atoms with Gasteiger partial charge in [0.05, 0.1) is 4.88 Å². The molecule has 0 saturated heterocycles. The lowest BCUT2D eigenvalue weighted by atomic mass is 9.86. The monoisotopic (exact) mass is 357 g/mol. The van der Waals surface area contributed by atoms with E-state index in [-0.39, 0.29) is 5.91 Å². The van der Waals surface area contributed by atoms with Crippen molar-refractivity contribution in [1.82, 2.24) is 5.32 Å². The maximum absolute atomic E-state index is 12.5. The van der Waals surface area contributed by atoms with E-state index in [0.717, 1.165) is 22.6 Å². The summed E-state index contributed by atoms with van der Waals surface area (Å²) < 4.78 is 5.94. The van der Waals surface area contributed by atoms with Gasteiger partial charge in [0, 0.05) is 11.6 Å². The van der Waals surface area contributed by atoms with E-state index in [9.17, 15) is 4.79 Å². The van der Waals surface area contributed by atoms with Crippen LogP contribution in [0.3, 0.4) is 0 Å². The fourth-order valence-electron chi connectivity index (χ4n) is 3.38. The van der Waals surface area contributed by atoms with Gasteiger partial charge in [-0.3, -0.25) is 4.79 Å². The van der Waals surface area contributed by atoms with Gasteiger partial charge in [-0.2, -0.15) is 0 Å². The number of aryl methyl sites for hydroxylation is 1. The maximum atomic E-state index is 12.5. The minimum Gasteiger partial charge on any atom is -0.489 e. The molecule has 1 aliphatic carbocycles. The van der Waals surface area contributed by atoms with Gasteiger partial charge in [0.2, 0.25) is 0 Å². The Morgan fingerprint density at radius 1 is 1.28 bits per heavy atom. The zero-order chi connectivity index (χ0) is 17.8. The van der Waals surface area contributed by atoms with Crippen LogP contribution >= 0.6 is 11.3 Å². The molecule has 1 aromatic heterocycles. The van der Waals surface area contributed by atoms with Crippen molar-refractivity contribution in [1.29, 1.82) is 0 Å². The molecule has 134 valence electrons. The molecule has 1 saturated carbocycles. The minimum atomic E-state index is 0.0572. The highest BCUT2D eigenvalue weighted by Crippen LogP contribution is 2.25. The van der Waals surface area contributed by atoms with Gasteiger partial charge in [-0.05, 0) is 61.2 Å². The summed E-state index contributed by atoms with van der Waals surface area (Å²) in [5, 5.41) is 5.24. The second-order valence-electron chi connectivity index (χ2n) is 7.15. The van der Waals surface area contributed by atoms with E-state index in [0.29, 0.717) is 18.6 Å². The first-order valence-electron chi connectivity index (χ1n) is 9.12. The SMILES string of the molecule is Cc1cccc(OCc2csc(C(=O)NC3CCCCC3C)c2)c1C. The molecule has 1 N–H and O–H groups in total. The van der Waals surface area contributed by atoms with Gasteiger partial charge < -0.3 is 10.1 Å². The van der Waals surface area contributed by atoms with Crippen molar-refractivity contribution in [2.45, 2.75) is 59.1 Å². The summed E-state index contributed by atoms with van der Waals surface area (Å²) >= 11 is 1.50. The van der Waals surface area contributed by atoms with Gasteiger partial charge in [-0.15, -0.1) is 11.3 Å². The lowest BCUT2D eigenvalue weighted by molar-refractivity contribution is 0.0914. The molecular formula is C21H27NO2S. The molecule has 4 heteroatoms. The second-order valence-corrected chi connectivity index (χ2v) is 8.06. The van der Waals surface area contributed by atoms with Crippen LogP contribution in [-0.4, -0.2) is 11.9 Å². The van der Waals surface area contributed by atoms with Gasteiger partial charge in [-0.25, -0.2) is 0 Å². The number of rotatable bonds is 5. The van der Waals surface area contributed by atoms with Crippen molar-refractivity contribution in [3.05, 3.63) is 51.2 Å². The van der Waals surface area contributed by atoms with Crippen LogP contribution < -0.4 is 10.1 Å². The normalized spacial score (nSPS) is 20.3. The number of hydrogen-bond acceptors (Lipinski definition) is 3. The van der Waals surface area contributed by atoms with E-state index in [1.807, 2.05) is 23.6 Å². The van der Waals surface area contributed by atoms with Crippen LogP contribution in [0, 0.1) is 19.8 Å². The van der Waals surface area contributed by atoms with Crippen molar-refractivity contribution in [3.63, 3.8) is 0 Å². The number of hydrogen-bond donors (Lipinski definition) is 1. The smallest absolute Gasteiger partial charge is 0.261 e. The summed E-state index contributed by atoms with van der Waals surface area (Å²) in [4.78, 5) is 13.3. The molecule has 1 heterocycles. The molecule has 1 amide bonds. The van der Waals surface area contributed by atoms with E-state index < -0.39 is 0 Å². The van der Waals surface area contributed by atoms with Crippen LogP contribution in [0.4, 0.5) is 0 Å². The summed E-state index contributed by atoms with van der Waals surface area (Å²) in [5.41, 5.74) is 3.44. The van der Waals surface area contributed by atoms with E-state index in [1.165, 1.54) is 41.7 Å². The number of benzene rings is 1. The Bertz CT molecular complexity index is 737. The van der Waals surface area contributed by atoms with E-state index in [4.69, 9.17) is 4.74 Å². The molecule has 25 heavy (non-hydrogen) atoms. The van der Waals surface area contributed by atoms with E-state index in [1.54, 1.807) is 0 Å². The average Bonchev–Trinajstić information content (AvgIpc) is 3.07. The first-order valence-corrected chi connectivity index (χ1v) is 10.00. The number of carbonyl (C=O) groups is 1. The highest BCUT2D eigenvalue weighted by molar-refractivity contribution is 7.12. The van der Waals surface area contributed by atoms with Gasteiger partial charge in [-0.1, -0.05) is 31.9 Å². The number of amides is 1. The number of ether oxygens (including phenoxy) is 1. The third-order valence-electron chi connectivity index (χ3n) is 5.25. The summed E-state index contributed by atoms with van der Waals surface area (Å²) in [6, 6.07) is 8.36. The van der Waals surface area contributed by atoms with Gasteiger partial charge in [0.1, 0.15) is 12.4 Å². The van der Waals surface area contributed by atoms with Gasteiger partial charge in [0.15, 0.2) is 0 Å². The Morgan fingerprint density at radius 2 is 2.08 bits per heavy atom. The summed E-state index contributed by atoms with van der Waals surface area (Å²) in [6.07, 6.45) is 4.81. The van der Waals surface area contributed by atoms with Crippen molar-refractivity contribution in [2.75, 3.05) is 0 Å². The molecule has 2 aromatic rings. The highest BCUT2D eigenvalue weighted by Gasteiger charge is 2.23. The molecule has 0 bridgehead atoms.